The highest BCUT2D eigenvalue weighted by molar-refractivity contribution is 7.91. The first-order valence-electron chi connectivity index (χ1n) is 9.11. The number of amides is 1. The smallest absolute Gasteiger partial charge is 0.338 e. The summed E-state index contributed by atoms with van der Waals surface area (Å²) in [5.74, 6) is 0.169. The van der Waals surface area contributed by atoms with Crippen LogP contribution < -0.4 is 4.74 Å². The highest BCUT2D eigenvalue weighted by Crippen LogP contribution is 2.20. The number of esters is 1. The average molecular weight is 397 g/mol. The van der Waals surface area contributed by atoms with Crippen LogP contribution in [0, 0.1) is 5.92 Å². The molecule has 7 nitrogen and oxygen atoms in total. The zero-order valence-electron chi connectivity index (χ0n) is 16.0. The van der Waals surface area contributed by atoms with Crippen molar-refractivity contribution >= 4 is 21.7 Å². The van der Waals surface area contributed by atoms with E-state index < -0.39 is 15.8 Å². The van der Waals surface area contributed by atoms with Crippen LogP contribution in [0.3, 0.4) is 0 Å². The lowest BCUT2D eigenvalue weighted by atomic mass is 10.1. The predicted octanol–water partition coefficient (Wildman–Crippen LogP) is 1.91. The molecule has 0 aromatic heterocycles. The van der Waals surface area contributed by atoms with Crippen molar-refractivity contribution in [3.8, 4) is 5.75 Å². The molecule has 1 aliphatic heterocycles. The average Bonchev–Trinajstić information content (AvgIpc) is 2.97. The number of ether oxygens (including phenoxy) is 2. The molecule has 1 amide bonds. The normalized spacial score (nSPS) is 18.3. The minimum Gasteiger partial charge on any atom is -0.484 e. The summed E-state index contributed by atoms with van der Waals surface area (Å²) in [7, 11) is -3.07. The maximum Gasteiger partial charge on any atom is 0.338 e. The van der Waals surface area contributed by atoms with Gasteiger partial charge in [0, 0.05) is 12.6 Å². The summed E-state index contributed by atoms with van der Waals surface area (Å²) in [6.07, 6.45) is 0.467. The van der Waals surface area contributed by atoms with E-state index in [9.17, 15) is 18.0 Å². The Balaban J connectivity index is 1.97. The number of benzene rings is 1. The van der Waals surface area contributed by atoms with Gasteiger partial charge in [-0.25, -0.2) is 13.2 Å². The largest absolute Gasteiger partial charge is 0.484 e. The van der Waals surface area contributed by atoms with Gasteiger partial charge in [-0.05, 0) is 43.5 Å². The molecule has 1 aliphatic rings. The summed E-state index contributed by atoms with van der Waals surface area (Å²) >= 11 is 0. The van der Waals surface area contributed by atoms with Crippen molar-refractivity contribution in [2.75, 3.05) is 31.3 Å². The van der Waals surface area contributed by atoms with Gasteiger partial charge in [-0.2, -0.15) is 0 Å². The molecule has 2 rings (SSSR count). The third-order valence-corrected chi connectivity index (χ3v) is 6.01. The monoisotopic (exact) mass is 397 g/mol. The molecular formula is C19H27NO6S. The van der Waals surface area contributed by atoms with E-state index in [2.05, 4.69) is 0 Å². The Labute approximate surface area is 160 Å². The Kier molecular flexibility index (Phi) is 7.24. The molecule has 8 heteroatoms. The fourth-order valence-corrected chi connectivity index (χ4v) is 4.73. The molecule has 1 saturated heterocycles. The summed E-state index contributed by atoms with van der Waals surface area (Å²) in [6.45, 7) is 6.32. The maximum atomic E-state index is 12.6. The Morgan fingerprint density at radius 3 is 2.41 bits per heavy atom. The summed E-state index contributed by atoms with van der Waals surface area (Å²) in [4.78, 5) is 25.9. The second-order valence-corrected chi connectivity index (χ2v) is 9.26. The molecule has 1 heterocycles. The van der Waals surface area contributed by atoms with Crippen LogP contribution in [0.15, 0.2) is 24.3 Å². The zero-order valence-corrected chi connectivity index (χ0v) is 16.8. The lowest BCUT2D eigenvalue weighted by Gasteiger charge is -2.29. The Morgan fingerprint density at radius 2 is 1.89 bits per heavy atom. The molecule has 0 radical (unpaired) electrons. The molecule has 0 aliphatic carbocycles. The third-order valence-electron chi connectivity index (χ3n) is 4.26. The van der Waals surface area contributed by atoms with E-state index in [1.807, 2.05) is 13.8 Å². The molecular weight excluding hydrogens is 370 g/mol. The zero-order chi connectivity index (χ0) is 20.0. The second kappa shape index (κ2) is 9.21. The van der Waals surface area contributed by atoms with Gasteiger partial charge in [-0.3, -0.25) is 4.79 Å². The van der Waals surface area contributed by atoms with Gasteiger partial charge in [0.1, 0.15) is 5.75 Å². The minimum atomic E-state index is -3.07. The van der Waals surface area contributed by atoms with Crippen LogP contribution in [-0.4, -0.2) is 62.5 Å². The lowest BCUT2D eigenvalue weighted by Crippen LogP contribution is -2.45. The summed E-state index contributed by atoms with van der Waals surface area (Å²) in [6, 6.07) is 6.07. The van der Waals surface area contributed by atoms with Gasteiger partial charge in [-0.15, -0.1) is 0 Å². The van der Waals surface area contributed by atoms with Gasteiger partial charge in [0.15, 0.2) is 16.4 Å². The fourth-order valence-electron chi connectivity index (χ4n) is 3.00. The molecule has 0 saturated carbocycles. The lowest BCUT2D eigenvalue weighted by molar-refractivity contribution is -0.135. The van der Waals surface area contributed by atoms with Crippen molar-refractivity contribution in [1.82, 2.24) is 4.90 Å². The van der Waals surface area contributed by atoms with Crippen LogP contribution in [-0.2, 0) is 19.4 Å². The second-order valence-electron chi connectivity index (χ2n) is 7.03. The SMILES string of the molecule is CCOC(=O)c1ccc(OCC(=O)N(CC(C)C)C2CCS(=O)(=O)C2)cc1. The van der Waals surface area contributed by atoms with Gasteiger partial charge in [0.05, 0.1) is 23.7 Å². The van der Waals surface area contributed by atoms with Gasteiger partial charge >= 0.3 is 5.97 Å². The topological polar surface area (TPSA) is 90.0 Å². The standard InChI is InChI=1S/C19H27NO6S/c1-4-25-19(22)15-5-7-17(8-6-15)26-12-18(21)20(11-14(2)3)16-9-10-27(23,24)13-16/h5-8,14,16H,4,9-13H2,1-3H3. The Hall–Kier alpha value is -2.09. The van der Waals surface area contributed by atoms with E-state index in [1.54, 1.807) is 36.1 Å². The molecule has 0 bridgehead atoms. The molecule has 1 aromatic carbocycles. The number of rotatable bonds is 8. The van der Waals surface area contributed by atoms with Crippen molar-refractivity contribution in [1.29, 1.82) is 0 Å². The van der Waals surface area contributed by atoms with Crippen molar-refractivity contribution in [2.45, 2.75) is 33.2 Å². The van der Waals surface area contributed by atoms with Crippen molar-refractivity contribution in [3.63, 3.8) is 0 Å². The fraction of sp³-hybridized carbons (Fsp3) is 0.579. The Morgan fingerprint density at radius 1 is 1.22 bits per heavy atom. The van der Waals surface area contributed by atoms with Crippen LogP contribution in [0.4, 0.5) is 0 Å². The molecule has 0 N–H and O–H groups in total. The van der Waals surface area contributed by atoms with Gasteiger partial charge in [0.2, 0.25) is 0 Å². The van der Waals surface area contributed by atoms with E-state index in [1.165, 1.54) is 0 Å². The molecule has 1 aromatic rings. The first-order chi connectivity index (χ1) is 12.7. The maximum absolute atomic E-state index is 12.6. The number of hydrogen-bond donors (Lipinski definition) is 0. The van der Waals surface area contributed by atoms with Crippen molar-refractivity contribution in [2.24, 2.45) is 5.92 Å². The van der Waals surface area contributed by atoms with E-state index in [0.29, 0.717) is 30.9 Å². The van der Waals surface area contributed by atoms with Gasteiger partial charge < -0.3 is 14.4 Å². The first kappa shape index (κ1) is 21.2. The van der Waals surface area contributed by atoms with Gasteiger partial charge in [-0.1, -0.05) is 13.8 Å². The van der Waals surface area contributed by atoms with Crippen LogP contribution in [0.5, 0.6) is 5.75 Å². The number of hydrogen-bond acceptors (Lipinski definition) is 6. The van der Waals surface area contributed by atoms with E-state index in [4.69, 9.17) is 9.47 Å². The number of carbonyl (C=O) groups is 2. The summed E-state index contributed by atoms with van der Waals surface area (Å²) in [5, 5.41) is 0. The molecule has 1 unspecified atom stereocenters. The van der Waals surface area contributed by atoms with Crippen LogP contribution >= 0.6 is 0 Å². The third kappa shape index (κ3) is 6.23. The highest BCUT2D eigenvalue weighted by Gasteiger charge is 2.34. The summed E-state index contributed by atoms with van der Waals surface area (Å²) < 4.78 is 34.0. The van der Waals surface area contributed by atoms with Crippen molar-refractivity contribution in [3.05, 3.63) is 29.8 Å². The van der Waals surface area contributed by atoms with Crippen molar-refractivity contribution < 1.29 is 27.5 Å². The molecule has 27 heavy (non-hydrogen) atoms. The quantitative estimate of drug-likeness (QED) is 0.623. The van der Waals surface area contributed by atoms with Crippen LogP contribution in [0.25, 0.3) is 0 Å². The van der Waals surface area contributed by atoms with E-state index >= 15 is 0 Å². The molecule has 0 spiro atoms. The number of nitrogens with zero attached hydrogens (tertiary/aromatic N) is 1. The van der Waals surface area contributed by atoms with E-state index in [0.717, 1.165) is 0 Å². The Bertz CT molecular complexity index is 757. The molecule has 150 valence electrons. The summed E-state index contributed by atoms with van der Waals surface area (Å²) in [5.41, 5.74) is 0.410. The minimum absolute atomic E-state index is 0.0136. The molecule has 1 fully saturated rings. The van der Waals surface area contributed by atoms with E-state index in [-0.39, 0.29) is 36.0 Å². The van der Waals surface area contributed by atoms with Gasteiger partial charge in [0.25, 0.3) is 5.91 Å². The molecule has 1 atom stereocenters. The highest BCUT2D eigenvalue weighted by atomic mass is 32.2. The predicted molar refractivity (Wildman–Crippen MR) is 102 cm³/mol. The van der Waals surface area contributed by atoms with Crippen LogP contribution in [0.2, 0.25) is 0 Å². The number of sulfone groups is 1. The number of carbonyl (C=O) groups excluding carboxylic acids is 2. The van der Waals surface area contributed by atoms with Crippen LogP contribution in [0.1, 0.15) is 37.6 Å². The first-order valence-corrected chi connectivity index (χ1v) is 10.9.